The normalized spacial score (nSPS) is 25.8. The van der Waals surface area contributed by atoms with E-state index in [1.54, 1.807) is 6.07 Å². The summed E-state index contributed by atoms with van der Waals surface area (Å²) < 4.78 is 27.3. The van der Waals surface area contributed by atoms with E-state index in [-0.39, 0.29) is 44.9 Å². The van der Waals surface area contributed by atoms with Crippen LogP contribution in [0.1, 0.15) is 0 Å². The zero-order valence-corrected chi connectivity index (χ0v) is 17.1. The second-order valence-corrected chi connectivity index (χ2v) is 7.24. The van der Waals surface area contributed by atoms with Crippen LogP contribution in [-0.4, -0.2) is 77.1 Å². The Labute approximate surface area is 180 Å². The first-order valence-electron chi connectivity index (χ1n) is 9.62. The van der Waals surface area contributed by atoms with Crippen LogP contribution in [0.4, 0.5) is 0 Å². The molecule has 0 aliphatic carbocycles. The van der Waals surface area contributed by atoms with Gasteiger partial charge in [-0.05, 0) is 12.1 Å². The highest BCUT2D eigenvalue weighted by Crippen LogP contribution is 2.38. The van der Waals surface area contributed by atoms with Crippen molar-refractivity contribution in [2.24, 2.45) is 0 Å². The first-order valence-corrected chi connectivity index (χ1v) is 9.62. The van der Waals surface area contributed by atoms with Gasteiger partial charge in [0.25, 0.3) is 0 Å². The molecule has 1 aliphatic rings. The van der Waals surface area contributed by atoms with E-state index < -0.39 is 42.7 Å². The van der Waals surface area contributed by atoms with E-state index in [2.05, 4.69) is 0 Å². The Kier molecular flexibility index (Phi) is 5.84. The molecule has 32 heavy (non-hydrogen) atoms. The highest BCUT2D eigenvalue weighted by molar-refractivity contribution is 5.98. The molecule has 0 bridgehead atoms. The van der Waals surface area contributed by atoms with Crippen molar-refractivity contribution in [3.05, 3.63) is 34.5 Å². The lowest BCUT2D eigenvalue weighted by molar-refractivity contribution is -0.277. The van der Waals surface area contributed by atoms with Gasteiger partial charge in [-0.2, -0.15) is 0 Å². The maximum atomic E-state index is 13.4. The molecule has 4 rings (SSSR count). The summed E-state index contributed by atoms with van der Waals surface area (Å²) in [5, 5.41) is 49.7. The van der Waals surface area contributed by atoms with Crippen molar-refractivity contribution in [2.75, 3.05) is 20.8 Å². The third-order valence-electron chi connectivity index (χ3n) is 5.33. The van der Waals surface area contributed by atoms with E-state index in [4.69, 9.17) is 23.4 Å². The standard InChI is InChI=1S/C21H22O11/c1-28-9-3-4-10(29-2)20-15(9)17(25)14-11(30-20)5-8(23)6-12(14)31-21-19(27)18(26)16(24)13(7-22)32-21/h3-6,13,16,18-19,21-24,26-27H,7H2,1-2H3. The molecule has 172 valence electrons. The lowest BCUT2D eigenvalue weighted by Gasteiger charge is -2.39. The zero-order valence-electron chi connectivity index (χ0n) is 17.1. The topological polar surface area (TPSA) is 168 Å². The SMILES string of the molecule is COc1ccc(OC)c2c(=O)c3c(OC4OC(CO)C(O)C(O)C4O)cc(O)cc3oc12. The van der Waals surface area contributed by atoms with Crippen LogP contribution in [-0.2, 0) is 4.74 Å². The molecule has 5 atom stereocenters. The molecule has 3 aromatic rings. The number of methoxy groups -OCH3 is 2. The molecule has 1 fully saturated rings. The van der Waals surface area contributed by atoms with Gasteiger partial charge in [-0.15, -0.1) is 0 Å². The number of phenols is 1. The van der Waals surface area contributed by atoms with E-state index in [0.717, 1.165) is 6.07 Å². The highest BCUT2D eigenvalue weighted by Gasteiger charge is 2.45. The number of aliphatic hydroxyl groups is 4. The summed E-state index contributed by atoms with van der Waals surface area (Å²) in [4.78, 5) is 13.4. The van der Waals surface area contributed by atoms with E-state index in [0.29, 0.717) is 0 Å². The van der Waals surface area contributed by atoms with E-state index in [1.165, 1.54) is 26.4 Å². The average molecular weight is 450 g/mol. The predicted molar refractivity (Wildman–Crippen MR) is 109 cm³/mol. The third kappa shape index (κ3) is 3.49. The molecular weight excluding hydrogens is 428 g/mol. The number of rotatable bonds is 5. The fourth-order valence-electron chi connectivity index (χ4n) is 3.69. The number of ether oxygens (including phenoxy) is 4. The average Bonchev–Trinajstić information content (AvgIpc) is 2.78. The van der Waals surface area contributed by atoms with Gasteiger partial charge in [0.15, 0.2) is 11.3 Å². The summed E-state index contributed by atoms with van der Waals surface area (Å²) >= 11 is 0. The fraction of sp³-hybridized carbons (Fsp3) is 0.381. The van der Waals surface area contributed by atoms with Gasteiger partial charge in [0.1, 0.15) is 58.0 Å². The van der Waals surface area contributed by atoms with Crippen molar-refractivity contribution in [2.45, 2.75) is 30.7 Å². The van der Waals surface area contributed by atoms with Gasteiger partial charge in [-0.1, -0.05) is 0 Å². The smallest absolute Gasteiger partial charge is 0.229 e. The summed E-state index contributed by atoms with van der Waals surface area (Å²) in [5.74, 6) is -0.0610. The second kappa shape index (κ2) is 8.45. The van der Waals surface area contributed by atoms with E-state index in [9.17, 15) is 30.3 Å². The van der Waals surface area contributed by atoms with E-state index in [1.807, 2.05) is 0 Å². The predicted octanol–water partition coefficient (Wildman–Crippen LogP) is -0.152. The van der Waals surface area contributed by atoms with Crippen molar-refractivity contribution in [1.29, 1.82) is 0 Å². The number of phenolic OH excluding ortho intramolecular Hbond substituents is 1. The number of aromatic hydroxyl groups is 1. The van der Waals surface area contributed by atoms with Gasteiger partial charge in [0, 0.05) is 12.1 Å². The van der Waals surface area contributed by atoms with Crippen molar-refractivity contribution in [1.82, 2.24) is 0 Å². The Bertz CT molecular complexity index is 1200. The summed E-state index contributed by atoms with van der Waals surface area (Å²) in [6.45, 7) is -0.657. The van der Waals surface area contributed by atoms with Crippen molar-refractivity contribution in [3.63, 3.8) is 0 Å². The molecule has 0 radical (unpaired) electrons. The summed E-state index contributed by atoms with van der Waals surface area (Å²) in [6.07, 6.45) is -7.77. The lowest BCUT2D eigenvalue weighted by Crippen LogP contribution is -2.60. The Balaban J connectivity index is 1.91. The van der Waals surface area contributed by atoms with Gasteiger partial charge in [0.2, 0.25) is 11.7 Å². The number of hydrogen-bond donors (Lipinski definition) is 5. The summed E-state index contributed by atoms with van der Waals surface area (Å²) in [5.41, 5.74) is -0.529. The van der Waals surface area contributed by atoms with Crippen LogP contribution in [0.3, 0.4) is 0 Å². The highest BCUT2D eigenvalue weighted by atomic mass is 16.7. The van der Waals surface area contributed by atoms with Crippen LogP contribution < -0.4 is 19.6 Å². The molecule has 1 saturated heterocycles. The molecule has 0 amide bonds. The molecule has 0 saturated carbocycles. The molecule has 11 nitrogen and oxygen atoms in total. The van der Waals surface area contributed by atoms with Crippen molar-refractivity contribution < 1.29 is 48.9 Å². The van der Waals surface area contributed by atoms with Crippen molar-refractivity contribution >= 4 is 21.9 Å². The molecule has 5 N–H and O–H groups in total. The van der Waals surface area contributed by atoms with Gasteiger partial charge >= 0.3 is 0 Å². The minimum Gasteiger partial charge on any atom is -0.508 e. The lowest BCUT2D eigenvalue weighted by atomic mass is 9.99. The first kappa shape index (κ1) is 22.1. The molecule has 2 heterocycles. The number of hydrogen-bond acceptors (Lipinski definition) is 11. The Morgan fingerprint density at radius 3 is 2.28 bits per heavy atom. The fourth-order valence-corrected chi connectivity index (χ4v) is 3.69. The van der Waals surface area contributed by atoms with Crippen LogP contribution in [0.2, 0.25) is 0 Å². The second-order valence-electron chi connectivity index (χ2n) is 7.24. The molecule has 11 heteroatoms. The van der Waals surface area contributed by atoms with E-state index >= 15 is 0 Å². The molecule has 1 aliphatic heterocycles. The maximum Gasteiger partial charge on any atom is 0.229 e. The van der Waals surface area contributed by atoms with Crippen LogP contribution in [0.5, 0.6) is 23.0 Å². The third-order valence-corrected chi connectivity index (χ3v) is 5.33. The Morgan fingerprint density at radius 1 is 0.938 bits per heavy atom. The van der Waals surface area contributed by atoms with Gasteiger partial charge in [-0.3, -0.25) is 4.79 Å². The molecular formula is C21H22O11. The van der Waals surface area contributed by atoms with Crippen molar-refractivity contribution in [3.8, 4) is 23.0 Å². The van der Waals surface area contributed by atoms with Crippen LogP contribution in [0.15, 0.2) is 33.5 Å². The number of fused-ring (bicyclic) bond motifs is 2. The summed E-state index contributed by atoms with van der Waals surface area (Å²) in [7, 11) is 2.79. The van der Waals surface area contributed by atoms with Crippen LogP contribution in [0.25, 0.3) is 21.9 Å². The van der Waals surface area contributed by atoms with Gasteiger partial charge in [-0.25, -0.2) is 0 Å². The molecule has 1 aromatic heterocycles. The quantitative estimate of drug-likeness (QED) is 0.328. The molecule has 5 unspecified atom stereocenters. The van der Waals surface area contributed by atoms with Gasteiger partial charge < -0.3 is 48.9 Å². The zero-order chi connectivity index (χ0) is 23.2. The van der Waals surface area contributed by atoms with Crippen LogP contribution >= 0.6 is 0 Å². The largest absolute Gasteiger partial charge is 0.508 e. The molecule has 2 aromatic carbocycles. The number of benzene rings is 2. The maximum absolute atomic E-state index is 13.4. The molecule has 0 spiro atoms. The first-order chi connectivity index (χ1) is 15.3. The number of aliphatic hydroxyl groups excluding tert-OH is 4. The van der Waals surface area contributed by atoms with Crippen LogP contribution in [0, 0.1) is 0 Å². The Hall–Kier alpha value is -3.09. The monoisotopic (exact) mass is 450 g/mol. The minimum atomic E-state index is -1.72. The minimum absolute atomic E-state index is 0.0476. The Morgan fingerprint density at radius 2 is 1.62 bits per heavy atom. The summed E-state index contributed by atoms with van der Waals surface area (Å²) in [6, 6.07) is 5.40. The van der Waals surface area contributed by atoms with Gasteiger partial charge in [0.05, 0.1) is 20.8 Å².